The van der Waals surface area contributed by atoms with Gasteiger partial charge in [-0.05, 0) is 26.7 Å². The summed E-state index contributed by atoms with van der Waals surface area (Å²) in [5.74, 6) is 1.10. The van der Waals surface area contributed by atoms with Gasteiger partial charge in [-0.25, -0.2) is 14.6 Å². The van der Waals surface area contributed by atoms with E-state index >= 15 is 0 Å². The van der Waals surface area contributed by atoms with E-state index in [4.69, 9.17) is 37.1 Å². The van der Waals surface area contributed by atoms with Gasteiger partial charge in [0.2, 0.25) is 5.96 Å². The minimum absolute atomic E-state index is 0.0863. The minimum Gasteiger partial charge on any atom is -0.450 e. The Kier molecular flexibility index (Phi) is 11.6. The Balaban J connectivity index is 1.53. The van der Waals surface area contributed by atoms with Gasteiger partial charge in [-0.3, -0.25) is 10.4 Å². The van der Waals surface area contributed by atoms with E-state index in [-0.39, 0.29) is 42.6 Å². The largest absolute Gasteiger partial charge is 0.450 e. The molecule has 0 aromatic rings. The van der Waals surface area contributed by atoms with Crippen molar-refractivity contribution in [3.8, 4) is 0 Å². The summed E-state index contributed by atoms with van der Waals surface area (Å²) in [5, 5.41) is 8.50. The molecule has 0 radical (unpaired) electrons. The van der Waals surface area contributed by atoms with E-state index in [0.717, 1.165) is 25.7 Å². The molecular weight excluding hydrogens is 518 g/mol. The Morgan fingerprint density at radius 3 is 1.70 bits per heavy atom. The van der Waals surface area contributed by atoms with Crippen LogP contribution in [0.1, 0.15) is 46.0 Å². The van der Waals surface area contributed by atoms with E-state index in [1.807, 2.05) is 9.80 Å². The average molecular weight is 564 g/mol. The number of rotatable bonds is 6. The maximum absolute atomic E-state index is 11.9. The first-order chi connectivity index (χ1) is 19.2. The standard InChI is InChI=1S/C25H45N11O4/c1-3-39-24(37)35-13-9-33(10-14-35)21(27)17-20(26)30-18-7-5-6-8-19(18)31-22(28)32-23(29)34-11-15-36(16-12-34)25(38)40-4-2/h18-19,27H,3-17H2,1-2H3,(H2,26,30)(H4,28,29,31,32). The summed E-state index contributed by atoms with van der Waals surface area (Å²) < 4.78 is 10.1. The molecule has 7 N–H and O–H groups in total. The molecule has 0 bridgehead atoms. The number of nitrogens with one attached hydrogen (secondary N) is 1. The average Bonchev–Trinajstić information content (AvgIpc) is 2.94. The Hall–Kier alpha value is -3.78. The van der Waals surface area contributed by atoms with E-state index in [9.17, 15) is 9.59 Å². The monoisotopic (exact) mass is 563 g/mol. The van der Waals surface area contributed by atoms with Gasteiger partial charge in [0.15, 0.2) is 5.96 Å². The molecule has 1 saturated carbocycles. The Morgan fingerprint density at radius 2 is 1.20 bits per heavy atom. The quantitative estimate of drug-likeness (QED) is 0.257. The molecule has 2 heterocycles. The first-order valence-corrected chi connectivity index (χ1v) is 14.1. The number of guanidine groups is 2. The van der Waals surface area contributed by atoms with Crippen LogP contribution in [0.5, 0.6) is 0 Å². The van der Waals surface area contributed by atoms with Crippen LogP contribution in [0.3, 0.4) is 0 Å². The van der Waals surface area contributed by atoms with E-state index in [1.54, 1.807) is 23.6 Å². The lowest BCUT2D eigenvalue weighted by atomic mass is 9.91. The third-order valence-corrected chi connectivity index (χ3v) is 7.22. The molecule has 15 nitrogen and oxygen atoms in total. The van der Waals surface area contributed by atoms with Crippen molar-refractivity contribution in [2.24, 2.45) is 32.2 Å². The second-order valence-corrected chi connectivity index (χ2v) is 9.97. The fourth-order valence-electron chi connectivity index (χ4n) is 5.03. The van der Waals surface area contributed by atoms with E-state index in [0.29, 0.717) is 77.2 Å². The summed E-state index contributed by atoms with van der Waals surface area (Å²) in [5.41, 5.74) is 18.6. The second-order valence-electron chi connectivity index (χ2n) is 9.97. The third-order valence-electron chi connectivity index (χ3n) is 7.22. The lowest BCUT2D eigenvalue weighted by molar-refractivity contribution is 0.0911. The molecule has 2 atom stereocenters. The number of aliphatic imine (C=N–C) groups is 3. The van der Waals surface area contributed by atoms with Crippen molar-refractivity contribution in [3.63, 3.8) is 0 Å². The summed E-state index contributed by atoms with van der Waals surface area (Å²) >= 11 is 0. The lowest BCUT2D eigenvalue weighted by Crippen LogP contribution is -2.53. The number of nitrogens with zero attached hydrogens (tertiary/aromatic N) is 7. The van der Waals surface area contributed by atoms with Gasteiger partial charge in [-0.2, -0.15) is 4.99 Å². The van der Waals surface area contributed by atoms with Crippen LogP contribution >= 0.6 is 0 Å². The lowest BCUT2D eigenvalue weighted by Gasteiger charge is -2.35. The van der Waals surface area contributed by atoms with Gasteiger partial charge >= 0.3 is 12.2 Å². The summed E-state index contributed by atoms with van der Waals surface area (Å²) in [6.45, 7) is 8.37. The zero-order chi connectivity index (χ0) is 29.1. The van der Waals surface area contributed by atoms with Crippen molar-refractivity contribution < 1.29 is 19.1 Å². The summed E-state index contributed by atoms with van der Waals surface area (Å²) in [4.78, 5) is 44.5. The van der Waals surface area contributed by atoms with Crippen LogP contribution in [0.4, 0.5) is 9.59 Å². The number of hydrogen-bond acceptors (Lipinski definition) is 7. The van der Waals surface area contributed by atoms with Gasteiger partial charge in [-0.1, -0.05) is 12.8 Å². The normalized spacial score (nSPS) is 23.2. The highest BCUT2D eigenvalue weighted by Gasteiger charge is 2.27. The minimum atomic E-state index is -0.325. The molecule has 3 aliphatic rings. The van der Waals surface area contributed by atoms with Crippen LogP contribution in [-0.4, -0.2) is 133 Å². The highest BCUT2D eigenvalue weighted by molar-refractivity contribution is 6.00. The Bertz CT molecular complexity index is 970. The van der Waals surface area contributed by atoms with Crippen LogP contribution in [0.25, 0.3) is 0 Å². The number of amides is 2. The number of hydrogen-bond donors (Lipinski definition) is 4. The SMILES string of the molecule is CCOC(=O)N1CCN(C(=N)CC(N)=NC2CCCCC2N=C(N)N=C(N)N2CCN(C(=O)OCC)CC2)CC1. The van der Waals surface area contributed by atoms with Gasteiger partial charge in [0.05, 0.1) is 31.7 Å². The molecule has 2 saturated heterocycles. The van der Waals surface area contributed by atoms with E-state index < -0.39 is 0 Å². The highest BCUT2D eigenvalue weighted by atomic mass is 16.6. The van der Waals surface area contributed by atoms with Crippen LogP contribution in [-0.2, 0) is 9.47 Å². The van der Waals surface area contributed by atoms with Crippen LogP contribution in [0.15, 0.2) is 15.0 Å². The molecule has 224 valence electrons. The van der Waals surface area contributed by atoms with Crippen molar-refractivity contribution >= 4 is 35.8 Å². The van der Waals surface area contributed by atoms with Crippen molar-refractivity contribution in [1.82, 2.24) is 19.6 Å². The molecule has 3 rings (SSSR count). The summed E-state index contributed by atoms with van der Waals surface area (Å²) in [6.07, 6.45) is 3.23. The molecule has 0 spiro atoms. The summed E-state index contributed by atoms with van der Waals surface area (Å²) in [6, 6.07) is -0.322. The molecule has 40 heavy (non-hydrogen) atoms. The molecule has 0 aromatic carbocycles. The van der Waals surface area contributed by atoms with Gasteiger partial charge in [0.25, 0.3) is 0 Å². The predicted octanol–water partition coefficient (Wildman–Crippen LogP) is 0.200. The van der Waals surface area contributed by atoms with Crippen molar-refractivity contribution in [2.75, 3.05) is 65.6 Å². The number of carbonyl (C=O) groups is 2. The van der Waals surface area contributed by atoms with Crippen molar-refractivity contribution in [1.29, 1.82) is 5.41 Å². The number of ether oxygens (including phenoxy) is 2. The molecule has 15 heteroatoms. The van der Waals surface area contributed by atoms with Gasteiger partial charge in [-0.15, -0.1) is 0 Å². The number of amidine groups is 2. The van der Waals surface area contributed by atoms with Gasteiger partial charge < -0.3 is 46.3 Å². The molecule has 1 aliphatic carbocycles. The van der Waals surface area contributed by atoms with Crippen LogP contribution in [0.2, 0.25) is 0 Å². The smallest absolute Gasteiger partial charge is 0.409 e. The van der Waals surface area contributed by atoms with Gasteiger partial charge in [0, 0.05) is 52.4 Å². The zero-order valence-corrected chi connectivity index (χ0v) is 23.8. The van der Waals surface area contributed by atoms with Crippen molar-refractivity contribution in [2.45, 2.75) is 58.0 Å². The van der Waals surface area contributed by atoms with Crippen LogP contribution < -0.4 is 17.2 Å². The number of nitrogens with two attached hydrogens (primary N) is 3. The first-order valence-electron chi connectivity index (χ1n) is 14.1. The topological polar surface area (TPSA) is 205 Å². The van der Waals surface area contributed by atoms with Crippen molar-refractivity contribution in [3.05, 3.63) is 0 Å². The highest BCUT2D eigenvalue weighted by Crippen LogP contribution is 2.24. The first kappa shape index (κ1) is 30.8. The molecule has 2 aliphatic heterocycles. The molecule has 0 aromatic heterocycles. The van der Waals surface area contributed by atoms with Gasteiger partial charge in [0.1, 0.15) is 11.7 Å². The second kappa shape index (κ2) is 15.1. The number of piperazine rings is 2. The third kappa shape index (κ3) is 8.88. The fourth-order valence-corrected chi connectivity index (χ4v) is 5.03. The number of carbonyl (C=O) groups excluding carboxylic acids is 2. The molecule has 2 unspecified atom stereocenters. The zero-order valence-electron chi connectivity index (χ0n) is 23.8. The molecule has 2 amide bonds. The fraction of sp³-hybridized carbons (Fsp3) is 0.760. The van der Waals surface area contributed by atoms with E-state index in [2.05, 4.69) is 9.98 Å². The maximum Gasteiger partial charge on any atom is 0.409 e. The van der Waals surface area contributed by atoms with E-state index in [1.165, 1.54) is 0 Å². The maximum atomic E-state index is 11.9. The van der Waals surface area contributed by atoms with Crippen LogP contribution in [0, 0.1) is 5.41 Å². The Morgan fingerprint density at radius 1 is 0.750 bits per heavy atom. The predicted molar refractivity (Wildman–Crippen MR) is 154 cm³/mol. The molecule has 3 fully saturated rings. The Labute approximate surface area is 235 Å². The summed E-state index contributed by atoms with van der Waals surface area (Å²) in [7, 11) is 0. The molecular formula is C25H45N11O4.